The summed E-state index contributed by atoms with van der Waals surface area (Å²) in [6.07, 6.45) is 7.90. The van der Waals surface area contributed by atoms with E-state index in [1.54, 1.807) is 6.20 Å². The molecule has 0 aliphatic heterocycles. The topological polar surface area (TPSA) is 36.4 Å². The summed E-state index contributed by atoms with van der Waals surface area (Å²) >= 11 is 0. The lowest BCUT2D eigenvalue weighted by atomic mass is 9.67. The molecule has 1 heterocycles. The highest BCUT2D eigenvalue weighted by Crippen LogP contribution is 2.41. The Labute approximate surface area is 129 Å². The van der Waals surface area contributed by atoms with E-state index < -0.39 is 0 Å². The lowest BCUT2D eigenvalue weighted by molar-refractivity contribution is -0.0145. The fraction of sp³-hybridized carbons (Fsp3) is 0.722. The first kappa shape index (κ1) is 16.4. The fourth-order valence-electron chi connectivity index (χ4n) is 3.50. The second-order valence-electron chi connectivity index (χ2n) is 7.26. The van der Waals surface area contributed by atoms with Gasteiger partial charge in [-0.3, -0.25) is 9.88 Å². The molecule has 0 aromatic carbocycles. The number of hydrogen-bond acceptors (Lipinski definition) is 3. The van der Waals surface area contributed by atoms with Crippen LogP contribution in [0.2, 0.25) is 0 Å². The van der Waals surface area contributed by atoms with E-state index in [9.17, 15) is 5.11 Å². The van der Waals surface area contributed by atoms with Gasteiger partial charge < -0.3 is 5.11 Å². The van der Waals surface area contributed by atoms with E-state index in [0.29, 0.717) is 11.3 Å². The molecule has 0 spiro atoms. The number of aliphatic hydroxyl groups excluding tert-OH is 1. The van der Waals surface area contributed by atoms with Crippen LogP contribution in [0.5, 0.6) is 0 Å². The average Bonchev–Trinajstić information content (AvgIpc) is 2.48. The SMILES string of the molecule is CCC(C)(C)C1CCC(O)C(N(C)Cc2cccnc2)C1. The zero-order valence-electron chi connectivity index (χ0n) is 13.9. The largest absolute Gasteiger partial charge is 0.391 e. The minimum absolute atomic E-state index is 0.199. The van der Waals surface area contributed by atoms with Gasteiger partial charge in [0.05, 0.1) is 6.10 Å². The Hall–Kier alpha value is -0.930. The number of hydrogen-bond donors (Lipinski definition) is 1. The summed E-state index contributed by atoms with van der Waals surface area (Å²) in [5, 5.41) is 10.4. The molecule has 0 saturated heterocycles. The van der Waals surface area contributed by atoms with Gasteiger partial charge in [-0.05, 0) is 49.3 Å². The maximum atomic E-state index is 10.4. The molecule has 1 saturated carbocycles. The third-order valence-electron chi connectivity index (χ3n) is 5.52. The summed E-state index contributed by atoms with van der Waals surface area (Å²) < 4.78 is 0. The maximum absolute atomic E-state index is 10.4. The Kier molecular flexibility index (Phi) is 5.39. The molecule has 2 rings (SSSR count). The molecule has 0 amide bonds. The van der Waals surface area contributed by atoms with Crippen LogP contribution in [-0.2, 0) is 6.54 Å². The molecule has 1 aliphatic rings. The first-order valence-electron chi connectivity index (χ1n) is 8.21. The monoisotopic (exact) mass is 290 g/mol. The van der Waals surface area contributed by atoms with Crippen molar-refractivity contribution in [3.8, 4) is 0 Å². The summed E-state index contributed by atoms with van der Waals surface area (Å²) in [6, 6.07) is 4.34. The third kappa shape index (κ3) is 4.04. The van der Waals surface area contributed by atoms with Crippen molar-refractivity contribution in [2.24, 2.45) is 11.3 Å². The molecular formula is C18H30N2O. The molecule has 3 nitrogen and oxygen atoms in total. The molecule has 1 aromatic heterocycles. The number of aliphatic hydroxyl groups is 1. The second-order valence-corrected chi connectivity index (χ2v) is 7.26. The number of likely N-dealkylation sites (N-methyl/N-ethyl adjacent to an activating group) is 1. The van der Waals surface area contributed by atoms with Gasteiger partial charge in [0.15, 0.2) is 0 Å². The van der Waals surface area contributed by atoms with Crippen LogP contribution in [0.3, 0.4) is 0 Å². The van der Waals surface area contributed by atoms with Crippen LogP contribution in [0.4, 0.5) is 0 Å². The van der Waals surface area contributed by atoms with Crippen molar-refractivity contribution in [3.63, 3.8) is 0 Å². The zero-order chi connectivity index (χ0) is 15.5. The lowest BCUT2D eigenvalue weighted by Crippen LogP contribution is -2.47. The van der Waals surface area contributed by atoms with Gasteiger partial charge >= 0.3 is 0 Å². The Balaban J connectivity index is 2.02. The molecule has 0 bridgehead atoms. The van der Waals surface area contributed by atoms with E-state index in [2.05, 4.69) is 43.8 Å². The molecule has 1 aliphatic carbocycles. The average molecular weight is 290 g/mol. The van der Waals surface area contributed by atoms with Crippen LogP contribution in [0.1, 0.15) is 52.0 Å². The van der Waals surface area contributed by atoms with E-state index in [1.165, 1.54) is 12.0 Å². The van der Waals surface area contributed by atoms with Gasteiger partial charge in [0.2, 0.25) is 0 Å². The number of aromatic nitrogens is 1. The van der Waals surface area contributed by atoms with Gasteiger partial charge in [-0.1, -0.05) is 33.3 Å². The molecule has 3 atom stereocenters. The molecular weight excluding hydrogens is 260 g/mol. The van der Waals surface area contributed by atoms with E-state index in [1.807, 2.05) is 12.3 Å². The van der Waals surface area contributed by atoms with Crippen LogP contribution in [0.15, 0.2) is 24.5 Å². The summed E-state index contributed by atoms with van der Waals surface area (Å²) in [4.78, 5) is 6.49. The van der Waals surface area contributed by atoms with Crippen LogP contribution >= 0.6 is 0 Å². The summed E-state index contributed by atoms with van der Waals surface area (Å²) in [5.74, 6) is 0.701. The number of nitrogens with zero attached hydrogens (tertiary/aromatic N) is 2. The highest BCUT2D eigenvalue weighted by Gasteiger charge is 2.38. The van der Waals surface area contributed by atoms with Gasteiger partial charge in [0.1, 0.15) is 0 Å². The number of pyridine rings is 1. The van der Waals surface area contributed by atoms with Crippen molar-refractivity contribution in [3.05, 3.63) is 30.1 Å². The van der Waals surface area contributed by atoms with Crippen LogP contribution in [0.25, 0.3) is 0 Å². The van der Waals surface area contributed by atoms with Gasteiger partial charge in [-0.25, -0.2) is 0 Å². The van der Waals surface area contributed by atoms with Crippen LogP contribution in [-0.4, -0.2) is 34.2 Å². The van der Waals surface area contributed by atoms with Gasteiger partial charge in [0, 0.05) is 25.0 Å². The molecule has 3 heteroatoms. The maximum Gasteiger partial charge on any atom is 0.0695 e. The number of rotatable bonds is 5. The van der Waals surface area contributed by atoms with Gasteiger partial charge in [0.25, 0.3) is 0 Å². The quantitative estimate of drug-likeness (QED) is 0.902. The van der Waals surface area contributed by atoms with Gasteiger partial charge in [-0.2, -0.15) is 0 Å². The summed E-state index contributed by atoms with van der Waals surface area (Å²) in [7, 11) is 2.13. The van der Waals surface area contributed by atoms with Crippen molar-refractivity contribution in [1.82, 2.24) is 9.88 Å². The van der Waals surface area contributed by atoms with E-state index >= 15 is 0 Å². The van der Waals surface area contributed by atoms with Crippen molar-refractivity contribution >= 4 is 0 Å². The van der Waals surface area contributed by atoms with Crippen LogP contribution in [0, 0.1) is 11.3 Å². The van der Waals surface area contributed by atoms with E-state index in [4.69, 9.17) is 0 Å². The highest BCUT2D eigenvalue weighted by atomic mass is 16.3. The molecule has 1 aromatic rings. The van der Waals surface area contributed by atoms with Crippen LogP contribution < -0.4 is 0 Å². The predicted molar refractivity (Wildman–Crippen MR) is 86.9 cm³/mol. The molecule has 118 valence electrons. The fourth-order valence-corrected chi connectivity index (χ4v) is 3.50. The second kappa shape index (κ2) is 6.89. The standard InChI is InChI=1S/C18H30N2O/c1-5-18(2,3)15-8-9-17(21)16(11-15)20(4)13-14-7-6-10-19-12-14/h6-7,10,12,15-17,21H,5,8-9,11,13H2,1-4H3. The Morgan fingerprint density at radius 1 is 1.38 bits per heavy atom. The minimum Gasteiger partial charge on any atom is -0.391 e. The molecule has 0 radical (unpaired) electrons. The summed E-state index contributed by atoms with van der Waals surface area (Å²) in [6.45, 7) is 7.87. The Morgan fingerprint density at radius 2 is 2.14 bits per heavy atom. The Morgan fingerprint density at radius 3 is 2.76 bits per heavy atom. The van der Waals surface area contributed by atoms with E-state index in [0.717, 1.165) is 25.8 Å². The zero-order valence-corrected chi connectivity index (χ0v) is 13.9. The highest BCUT2D eigenvalue weighted by molar-refractivity contribution is 5.08. The van der Waals surface area contributed by atoms with Gasteiger partial charge in [-0.15, -0.1) is 0 Å². The lowest BCUT2D eigenvalue weighted by Gasteiger charge is -2.44. The van der Waals surface area contributed by atoms with Crippen molar-refractivity contribution in [1.29, 1.82) is 0 Å². The molecule has 3 unspecified atom stereocenters. The normalized spacial score (nSPS) is 27.0. The van der Waals surface area contributed by atoms with Crippen molar-refractivity contribution < 1.29 is 5.11 Å². The summed E-state index contributed by atoms with van der Waals surface area (Å²) in [5.41, 5.74) is 1.58. The smallest absolute Gasteiger partial charge is 0.0695 e. The van der Waals surface area contributed by atoms with E-state index in [-0.39, 0.29) is 12.1 Å². The van der Waals surface area contributed by atoms with Crippen molar-refractivity contribution in [2.45, 2.75) is 65.1 Å². The van der Waals surface area contributed by atoms with Crippen molar-refractivity contribution in [2.75, 3.05) is 7.05 Å². The predicted octanol–water partition coefficient (Wildman–Crippen LogP) is 3.48. The molecule has 21 heavy (non-hydrogen) atoms. The first-order valence-corrected chi connectivity index (χ1v) is 8.21. The third-order valence-corrected chi connectivity index (χ3v) is 5.52. The molecule has 1 N–H and O–H groups in total. The Bertz CT molecular complexity index is 432. The molecule has 1 fully saturated rings. The first-order chi connectivity index (χ1) is 9.94. The minimum atomic E-state index is -0.199.